The number of methoxy groups -OCH3 is 1. The first-order chi connectivity index (χ1) is 12.0. The number of rotatable bonds is 6. The van der Waals surface area contributed by atoms with E-state index in [1.165, 1.54) is 13.2 Å². The molecule has 0 amide bonds. The fraction of sp³-hybridized carbons (Fsp3) is 0.125. The molecular formula is C16H14N2O4S3. The van der Waals surface area contributed by atoms with Crippen LogP contribution in [0.1, 0.15) is 15.2 Å². The monoisotopic (exact) mass is 394 g/mol. The topological polar surface area (TPSA) is 85.4 Å². The van der Waals surface area contributed by atoms with E-state index in [2.05, 4.69) is 14.4 Å². The summed E-state index contributed by atoms with van der Waals surface area (Å²) in [5.41, 5.74) is 1.65. The van der Waals surface area contributed by atoms with Crippen LogP contribution in [0.5, 0.6) is 0 Å². The zero-order valence-electron chi connectivity index (χ0n) is 13.1. The third-order valence-electron chi connectivity index (χ3n) is 3.36. The van der Waals surface area contributed by atoms with Crippen LogP contribution in [0, 0.1) is 0 Å². The summed E-state index contributed by atoms with van der Waals surface area (Å²) in [5.74, 6) is -0.670. The van der Waals surface area contributed by atoms with Gasteiger partial charge in [0, 0.05) is 29.4 Å². The third kappa shape index (κ3) is 3.96. The predicted octanol–water partition coefficient (Wildman–Crippen LogP) is 3.14. The lowest BCUT2D eigenvalue weighted by atomic mass is 10.2. The van der Waals surface area contributed by atoms with Gasteiger partial charge in [-0.1, -0.05) is 6.07 Å². The van der Waals surface area contributed by atoms with Crippen LogP contribution in [-0.2, 0) is 21.3 Å². The van der Waals surface area contributed by atoms with E-state index in [0.717, 1.165) is 27.3 Å². The van der Waals surface area contributed by atoms with E-state index in [4.69, 9.17) is 0 Å². The van der Waals surface area contributed by atoms with E-state index in [0.29, 0.717) is 0 Å². The molecule has 1 N–H and O–H groups in total. The molecule has 0 radical (unpaired) electrons. The highest BCUT2D eigenvalue weighted by atomic mass is 32.2. The van der Waals surface area contributed by atoms with Crippen molar-refractivity contribution in [2.75, 3.05) is 7.11 Å². The number of carbonyl (C=O) groups is 1. The highest BCUT2D eigenvalue weighted by Crippen LogP contribution is 2.25. The van der Waals surface area contributed by atoms with Gasteiger partial charge in [0.25, 0.3) is 0 Å². The maximum atomic E-state index is 12.5. The number of hydrogen-bond acceptors (Lipinski definition) is 7. The van der Waals surface area contributed by atoms with E-state index >= 15 is 0 Å². The molecule has 0 bridgehead atoms. The molecular weight excluding hydrogens is 380 g/mol. The van der Waals surface area contributed by atoms with Gasteiger partial charge in [-0.15, -0.1) is 22.7 Å². The second kappa shape index (κ2) is 7.44. The van der Waals surface area contributed by atoms with Crippen LogP contribution in [0.3, 0.4) is 0 Å². The SMILES string of the molecule is COC(=O)c1sccc1S(=O)(=O)NCc1cncc(-c2cccs2)c1. The normalized spacial score (nSPS) is 11.4. The van der Waals surface area contributed by atoms with Gasteiger partial charge < -0.3 is 4.74 Å². The number of hydrogen-bond donors (Lipinski definition) is 1. The summed E-state index contributed by atoms with van der Waals surface area (Å²) in [5, 5.41) is 3.51. The number of sulfonamides is 1. The molecule has 3 rings (SSSR count). The standard InChI is InChI=1S/C16H14N2O4S3/c1-22-16(19)15-14(4-6-24-15)25(20,21)18-9-11-7-12(10-17-8-11)13-3-2-5-23-13/h2-8,10,18H,9H2,1H3. The summed E-state index contributed by atoms with van der Waals surface area (Å²) in [4.78, 5) is 16.9. The molecule has 0 aliphatic heterocycles. The zero-order valence-corrected chi connectivity index (χ0v) is 15.6. The smallest absolute Gasteiger partial charge is 0.349 e. The molecule has 6 nitrogen and oxygen atoms in total. The summed E-state index contributed by atoms with van der Waals surface area (Å²) < 4.78 is 32.1. The molecule has 0 aliphatic rings. The van der Waals surface area contributed by atoms with Crippen LogP contribution in [0.4, 0.5) is 0 Å². The summed E-state index contributed by atoms with van der Waals surface area (Å²) in [6.07, 6.45) is 3.34. The Morgan fingerprint density at radius 1 is 1.24 bits per heavy atom. The minimum atomic E-state index is -3.83. The summed E-state index contributed by atoms with van der Waals surface area (Å²) >= 11 is 2.61. The average molecular weight is 394 g/mol. The second-order valence-corrected chi connectivity index (χ2v) is 8.59. The maximum absolute atomic E-state index is 12.5. The first-order valence-electron chi connectivity index (χ1n) is 7.14. The van der Waals surface area contributed by atoms with Gasteiger partial charge >= 0.3 is 5.97 Å². The van der Waals surface area contributed by atoms with Crippen LogP contribution in [-0.4, -0.2) is 26.5 Å². The Morgan fingerprint density at radius 3 is 2.80 bits per heavy atom. The number of aromatic nitrogens is 1. The molecule has 0 fully saturated rings. The number of thiophene rings is 2. The van der Waals surface area contributed by atoms with E-state index < -0.39 is 16.0 Å². The van der Waals surface area contributed by atoms with Gasteiger partial charge in [0.1, 0.15) is 9.77 Å². The zero-order chi connectivity index (χ0) is 17.9. The lowest BCUT2D eigenvalue weighted by Gasteiger charge is -2.08. The molecule has 3 aromatic heterocycles. The lowest BCUT2D eigenvalue weighted by Crippen LogP contribution is -2.24. The molecule has 0 aromatic carbocycles. The van der Waals surface area contributed by atoms with Crippen molar-refractivity contribution in [3.8, 4) is 10.4 Å². The van der Waals surface area contributed by atoms with Crippen LogP contribution in [0.25, 0.3) is 10.4 Å². The van der Waals surface area contributed by atoms with Crippen LogP contribution < -0.4 is 4.72 Å². The minimum Gasteiger partial charge on any atom is -0.465 e. The van der Waals surface area contributed by atoms with E-state index in [9.17, 15) is 13.2 Å². The van der Waals surface area contributed by atoms with Gasteiger partial charge in [-0.25, -0.2) is 17.9 Å². The van der Waals surface area contributed by atoms with Crippen molar-refractivity contribution < 1.29 is 17.9 Å². The molecule has 130 valence electrons. The Bertz CT molecular complexity index is 978. The molecule has 0 unspecified atom stereocenters. The Labute approximate surface area is 153 Å². The number of carbonyl (C=O) groups excluding carboxylic acids is 1. The Morgan fingerprint density at radius 2 is 2.08 bits per heavy atom. The first kappa shape index (κ1) is 17.7. The fourth-order valence-electron chi connectivity index (χ4n) is 2.17. The van der Waals surface area contributed by atoms with E-state index in [1.54, 1.807) is 29.1 Å². The molecule has 0 spiro atoms. The van der Waals surface area contributed by atoms with Gasteiger partial charge in [0.15, 0.2) is 0 Å². The number of ether oxygens (including phenoxy) is 1. The number of nitrogens with one attached hydrogen (secondary N) is 1. The van der Waals surface area contributed by atoms with Gasteiger partial charge in [-0.05, 0) is 34.5 Å². The number of pyridine rings is 1. The molecule has 0 saturated carbocycles. The Kier molecular flexibility index (Phi) is 5.28. The number of nitrogens with zero attached hydrogens (tertiary/aromatic N) is 1. The fourth-order valence-corrected chi connectivity index (χ4v) is 5.23. The highest BCUT2D eigenvalue weighted by molar-refractivity contribution is 7.89. The van der Waals surface area contributed by atoms with Crippen molar-refractivity contribution in [2.45, 2.75) is 11.4 Å². The first-order valence-corrected chi connectivity index (χ1v) is 10.4. The average Bonchev–Trinajstić information content (AvgIpc) is 3.31. The van der Waals surface area contributed by atoms with E-state index in [-0.39, 0.29) is 16.3 Å². The van der Waals surface area contributed by atoms with Gasteiger partial charge in [0.05, 0.1) is 7.11 Å². The van der Waals surface area contributed by atoms with Gasteiger partial charge in [-0.2, -0.15) is 0 Å². The molecule has 0 atom stereocenters. The minimum absolute atomic E-state index is 0.0560. The van der Waals surface area contributed by atoms with Crippen molar-refractivity contribution in [2.24, 2.45) is 0 Å². The largest absolute Gasteiger partial charge is 0.465 e. The number of esters is 1. The van der Waals surface area contributed by atoms with Crippen LogP contribution in [0.15, 0.2) is 52.3 Å². The molecule has 0 aliphatic carbocycles. The maximum Gasteiger partial charge on any atom is 0.349 e. The summed E-state index contributed by atoms with van der Waals surface area (Å²) in [7, 11) is -2.62. The van der Waals surface area contributed by atoms with Crippen LogP contribution in [0.2, 0.25) is 0 Å². The Balaban J connectivity index is 1.78. The van der Waals surface area contributed by atoms with Crippen molar-refractivity contribution in [3.63, 3.8) is 0 Å². The highest BCUT2D eigenvalue weighted by Gasteiger charge is 2.24. The second-order valence-electron chi connectivity index (χ2n) is 4.99. The predicted molar refractivity (Wildman–Crippen MR) is 97.2 cm³/mol. The molecule has 3 aromatic rings. The van der Waals surface area contributed by atoms with Crippen molar-refractivity contribution in [3.05, 3.63) is 57.9 Å². The quantitative estimate of drug-likeness (QED) is 0.649. The van der Waals surface area contributed by atoms with Gasteiger partial charge in [0.2, 0.25) is 10.0 Å². The van der Waals surface area contributed by atoms with Crippen LogP contribution >= 0.6 is 22.7 Å². The molecule has 25 heavy (non-hydrogen) atoms. The van der Waals surface area contributed by atoms with Crippen molar-refractivity contribution >= 4 is 38.7 Å². The summed E-state index contributed by atoms with van der Waals surface area (Å²) in [6.45, 7) is 0.0744. The third-order valence-corrected chi connectivity index (χ3v) is 6.74. The molecule has 3 heterocycles. The lowest BCUT2D eigenvalue weighted by molar-refractivity contribution is 0.0602. The van der Waals surface area contributed by atoms with Crippen molar-refractivity contribution in [1.82, 2.24) is 9.71 Å². The van der Waals surface area contributed by atoms with E-state index in [1.807, 2.05) is 23.6 Å². The molecule has 0 saturated heterocycles. The Hall–Kier alpha value is -2.07. The summed E-state index contributed by atoms with van der Waals surface area (Å²) in [6, 6.07) is 7.19. The van der Waals surface area contributed by atoms with Gasteiger partial charge in [-0.3, -0.25) is 4.98 Å². The molecule has 9 heteroatoms. The van der Waals surface area contributed by atoms with Crippen molar-refractivity contribution in [1.29, 1.82) is 0 Å².